The Labute approximate surface area is 203 Å². The minimum absolute atomic E-state index is 0.218. The lowest BCUT2D eigenvalue weighted by atomic mass is 9.90. The van der Waals surface area contributed by atoms with Crippen LogP contribution in [0.2, 0.25) is 0 Å². The second kappa shape index (κ2) is 9.89. The first-order valence-electron chi connectivity index (χ1n) is 11.7. The van der Waals surface area contributed by atoms with E-state index in [0.29, 0.717) is 24.7 Å². The number of nitro groups is 1. The third-order valence-electron chi connectivity index (χ3n) is 6.21. The number of aromatic nitrogens is 1. The van der Waals surface area contributed by atoms with Crippen molar-refractivity contribution >= 4 is 21.7 Å². The fourth-order valence-electron chi connectivity index (χ4n) is 4.53. The van der Waals surface area contributed by atoms with Gasteiger partial charge in [-0.25, -0.2) is 0 Å². The van der Waals surface area contributed by atoms with Crippen molar-refractivity contribution in [2.24, 2.45) is 0 Å². The molecule has 0 unspecified atom stereocenters. The van der Waals surface area contributed by atoms with E-state index in [1.165, 1.54) is 5.39 Å². The second-order valence-electron chi connectivity index (χ2n) is 8.47. The number of para-hydroxylation sites is 1. The molecule has 1 heterocycles. The summed E-state index contributed by atoms with van der Waals surface area (Å²) in [5.74, 6) is 0.774. The Morgan fingerprint density at radius 2 is 1.69 bits per heavy atom. The molecule has 5 aromatic rings. The van der Waals surface area contributed by atoms with E-state index in [1.54, 1.807) is 0 Å². The maximum atomic E-state index is 11.6. The van der Waals surface area contributed by atoms with Crippen LogP contribution in [0.15, 0.2) is 91.1 Å². The van der Waals surface area contributed by atoms with Gasteiger partial charge in [-0.15, -0.1) is 0 Å². The SMILES string of the molecule is CCOc1cc([C@H](C[N+](=O)[O-])c2c[nH]c3ccccc23)ccc1OCc1ccc2ccccc2c1. The number of nitrogens with zero attached hydrogens (tertiary/aromatic N) is 1. The third-order valence-corrected chi connectivity index (χ3v) is 6.21. The molecule has 0 amide bonds. The lowest BCUT2D eigenvalue weighted by Crippen LogP contribution is -2.14. The molecule has 0 aliphatic carbocycles. The number of H-pyrrole nitrogens is 1. The van der Waals surface area contributed by atoms with Crippen molar-refractivity contribution < 1.29 is 14.4 Å². The van der Waals surface area contributed by atoms with Gasteiger partial charge in [0, 0.05) is 22.0 Å². The summed E-state index contributed by atoms with van der Waals surface area (Å²) in [4.78, 5) is 14.6. The predicted octanol–water partition coefficient (Wildman–Crippen LogP) is 6.71. The Kier molecular flexibility index (Phi) is 6.35. The monoisotopic (exact) mass is 466 g/mol. The fourth-order valence-corrected chi connectivity index (χ4v) is 4.53. The van der Waals surface area contributed by atoms with Crippen molar-refractivity contribution in [3.63, 3.8) is 0 Å². The zero-order chi connectivity index (χ0) is 24.2. The van der Waals surface area contributed by atoms with Gasteiger partial charge in [0.1, 0.15) is 6.61 Å². The number of nitrogens with one attached hydrogen (secondary N) is 1. The van der Waals surface area contributed by atoms with Crippen molar-refractivity contribution in [1.29, 1.82) is 0 Å². The first-order chi connectivity index (χ1) is 17.1. The van der Waals surface area contributed by atoms with Crippen LogP contribution in [0.3, 0.4) is 0 Å². The molecule has 1 atom stereocenters. The molecule has 0 saturated carbocycles. The summed E-state index contributed by atoms with van der Waals surface area (Å²) in [6.45, 7) is 2.55. The fraction of sp³-hybridized carbons (Fsp3) is 0.172. The number of ether oxygens (including phenoxy) is 2. The standard InChI is InChI=1S/C29H26N2O4/c1-2-34-29-16-23(26(18-31(32)33)25-17-30-27-10-6-5-9-24(25)27)13-14-28(29)35-19-20-11-12-21-7-3-4-8-22(21)15-20/h3-17,26,30H,2,18-19H2,1H3/t26-/m0/s1. The number of hydrogen-bond donors (Lipinski definition) is 1. The lowest BCUT2D eigenvalue weighted by molar-refractivity contribution is -0.481. The Morgan fingerprint density at radius 1 is 0.886 bits per heavy atom. The number of benzene rings is 4. The molecule has 0 fully saturated rings. The topological polar surface area (TPSA) is 77.4 Å². The van der Waals surface area contributed by atoms with Gasteiger partial charge in [0.25, 0.3) is 0 Å². The molecular weight excluding hydrogens is 440 g/mol. The molecule has 6 heteroatoms. The van der Waals surface area contributed by atoms with E-state index in [1.807, 2.05) is 67.7 Å². The van der Waals surface area contributed by atoms with Crippen molar-refractivity contribution in [1.82, 2.24) is 4.98 Å². The zero-order valence-electron chi connectivity index (χ0n) is 19.4. The molecule has 5 rings (SSSR count). The normalized spacial score (nSPS) is 12.0. The summed E-state index contributed by atoms with van der Waals surface area (Å²) in [6, 6.07) is 27.9. The highest BCUT2D eigenvalue weighted by Gasteiger charge is 2.24. The molecule has 0 spiro atoms. The highest BCUT2D eigenvalue weighted by Crippen LogP contribution is 2.36. The number of hydrogen-bond acceptors (Lipinski definition) is 4. The molecule has 1 N–H and O–H groups in total. The van der Waals surface area contributed by atoms with E-state index in [0.717, 1.165) is 33.0 Å². The van der Waals surface area contributed by atoms with Gasteiger partial charge < -0.3 is 14.5 Å². The van der Waals surface area contributed by atoms with Crippen LogP contribution < -0.4 is 9.47 Å². The minimum Gasteiger partial charge on any atom is -0.490 e. The molecule has 4 aromatic carbocycles. The van der Waals surface area contributed by atoms with Gasteiger partial charge in [0.05, 0.1) is 12.5 Å². The molecule has 6 nitrogen and oxygen atoms in total. The van der Waals surface area contributed by atoms with Crippen molar-refractivity contribution in [2.75, 3.05) is 13.2 Å². The molecule has 0 aliphatic rings. The van der Waals surface area contributed by atoms with Crippen LogP contribution in [0.5, 0.6) is 11.5 Å². The molecule has 0 bridgehead atoms. The van der Waals surface area contributed by atoms with Gasteiger partial charge >= 0.3 is 0 Å². The van der Waals surface area contributed by atoms with Crippen molar-refractivity contribution in [2.45, 2.75) is 19.4 Å². The van der Waals surface area contributed by atoms with E-state index in [2.05, 4.69) is 35.3 Å². The summed E-state index contributed by atoms with van der Waals surface area (Å²) in [5.41, 5.74) is 3.72. The summed E-state index contributed by atoms with van der Waals surface area (Å²) >= 11 is 0. The average Bonchev–Trinajstić information content (AvgIpc) is 3.30. The Balaban J connectivity index is 1.45. The van der Waals surface area contributed by atoms with Crippen LogP contribution in [0.4, 0.5) is 0 Å². The quantitative estimate of drug-likeness (QED) is 0.193. The smallest absolute Gasteiger partial charge is 0.214 e. The molecule has 0 radical (unpaired) electrons. The first-order valence-corrected chi connectivity index (χ1v) is 11.7. The van der Waals surface area contributed by atoms with Gasteiger partial charge in [0.15, 0.2) is 11.5 Å². The summed E-state index contributed by atoms with van der Waals surface area (Å²) in [5, 5.41) is 14.9. The van der Waals surface area contributed by atoms with Crippen LogP contribution in [-0.2, 0) is 6.61 Å². The average molecular weight is 467 g/mol. The van der Waals surface area contributed by atoms with Crippen molar-refractivity contribution in [3.8, 4) is 11.5 Å². The second-order valence-corrected chi connectivity index (χ2v) is 8.47. The van der Waals surface area contributed by atoms with Gasteiger partial charge in [-0.3, -0.25) is 10.1 Å². The van der Waals surface area contributed by atoms with Crippen LogP contribution in [0.25, 0.3) is 21.7 Å². The van der Waals surface area contributed by atoms with E-state index < -0.39 is 5.92 Å². The van der Waals surface area contributed by atoms with Crippen molar-refractivity contribution in [3.05, 3.63) is 118 Å². The Morgan fingerprint density at radius 3 is 2.51 bits per heavy atom. The van der Waals surface area contributed by atoms with Gasteiger partial charge in [-0.05, 0) is 58.7 Å². The van der Waals surface area contributed by atoms with Gasteiger partial charge in [-0.1, -0.05) is 60.7 Å². The molecule has 0 saturated heterocycles. The number of rotatable bonds is 9. The minimum atomic E-state index is -0.421. The molecule has 35 heavy (non-hydrogen) atoms. The van der Waals surface area contributed by atoms with Crippen LogP contribution in [-0.4, -0.2) is 23.1 Å². The molecule has 176 valence electrons. The summed E-state index contributed by atoms with van der Waals surface area (Å²) < 4.78 is 12.0. The predicted molar refractivity (Wildman–Crippen MR) is 138 cm³/mol. The maximum absolute atomic E-state index is 11.6. The van der Waals surface area contributed by atoms with E-state index >= 15 is 0 Å². The van der Waals surface area contributed by atoms with Gasteiger partial charge in [-0.2, -0.15) is 0 Å². The highest BCUT2D eigenvalue weighted by molar-refractivity contribution is 5.84. The number of aromatic amines is 1. The maximum Gasteiger partial charge on any atom is 0.214 e. The molecule has 1 aromatic heterocycles. The van der Waals surface area contributed by atoms with Crippen LogP contribution in [0, 0.1) is 10.1 Å². The van der Waals surface area contributed by atoms with Crippen LogP contribution in [0.1, 0.15) is 29.5 Å². The summed E-state index contributed by atoms with van der Waals surface area (Å²) in [6.07, 6.45) is 1.86. The molecule has 0 aliphatic heterocycles. The lowest BCUT2D eigenvalue weighted by Gasteiger charge is -2.17. The third kappa shape index (κ3) is 4.82. The molecular formula is C29H26N2O4. The highest BCUT2D eigenvalue weighted by atomic mass is 16.6. The van der Waals surface area contributed by atoms with E-state index in [-0.39, 0.29) is 11.5 Å². The van der Waals surface area contributed by atoms with Crippen LogP contribution >= 0.6 is 0 Å². The Hall–Kier alpha value is -4.32. The summed E-state index contributed by atoms with van der Waals surface area (Å²) in [7, 11) is 0. The Bertz CT molecular complexity index is 1490. The van der Waals surface area contributed by atoms with E-state index in [4.69, 9.17) is 9.47 Å². The first kappa shape index (κ1) is 22.5. The van der Waals surface area contributed by atoms with E-state index in [9.17, 15) is 10.1 Å². The van der Waals surface area contributed by atoms with Gasteiger partial charge in [0.2, 0.25) is 6.54 Å². The largest absolute Gasteiger partial charge is 0.490 e. The zero-order valence-corrected chi connectivity index (χ0v) is 19.4. The number of fused-ring (bicyclic) bond motifs is 2.